The fraction of sp³-hybridized carbons (Fsp3) is 0.138. The summed E-state index contributed by atoms with van der Waals surface area (Å²) in [6.45, 7) is 4.27. The van der Waals surface area contributed by atoms with Gasteiger partial charge in [-0.1, -0.05) is 42.0 Å². The lowest BCUT2D eigenvalue weighted by Gasteiger charge is -2.26. The Hall–Kier alpha value is -5.05. The molecule has 1 aliphatic heterocycles. The zero-order chi connectivity index (χ0) is 25.6. The number of hydrogen-bond donors (Lipinski definition) is 0. The van der Waals surface area contributed by atoms with Crippen molar-refractivity contribution >= 4 is 5.65 Å². The van der Waals surface area contributed by atoms with Crippen molar-refractivity contribution in [3.63, 3.8) is 0 Å². The van der Waals surface area contributed by atoms with Crippen molar-refractivity contribution in [3.05, 3.63) is 119 Å². The fourth-order valence-corrected chi connectivity index (χ4v) is 4.89. The van der Waals surface area contributed by atoms with Crippen LogP contribution in [0, 0.1) is 13.8 Å². The van der Waals surface area contributed by atoms with Crippen molar-refractivity contribution in [1.29, 1.82) is 0 Å². The number of fused-ring (bicyclic) bond motifs is 4. The summed E-state index contributed by atoms with van der Waals surface area (Å²) in [6, 6.07) is 21.8. The summed E-state index contributed by atoms with van der Waals surface area (Å²) < 4.78 is 15.9. The number of aromatic nitrogens is 7. The van der Waals surface area contributed by atoms with E-state index in [2.05, 4.69) is 21.1 Å². The molecule has 1 unspecified atom stereocenters. The molecule has 7 rings (SSSR count). The van der Waals surface area contributed by atoms with E-state index in [9.17, 15) is 0 Å². The highest BCUT2D eigenvalue weighted by molar-refractivity contribution is 5.66. The van der Waals surface area contributed by atoms with Crippen molar-refractivity contribution in [3.8, 4) is 23.2 Å². The van der Waals surface area contributed by atoms with E-state index in [4.69, 9.17) is 19.6 Å². The van der Waals surface area contributed by atoms with Crippen molar-refractivity contribution in [2.24, 2.45) is 0 Å². The average Bonchev–Trinajstić information content (AvgIpc) is 3.53. The first-order chi connectivity index (χ1) is 18.7. The molecule has 0 amide bonds. The SMILES string of the molecule is Cc1ccc(OCc2nc3c4c(ncn3n2)Oc2c(c(C)nn2-c2ccccc2)C4c2cccnc2)cc1. The van der Waals surface area contributed by atoms with Crippen molar-refractivity contribution in [2.45, 2.75) is 26.4 Å². The molecule has 6 aromatic rings. The van der Waals surface area contributed by atoms with Crippen LogP contribution in [-0.2, 0) is 6.61 Å². The Bertz CT molecular complexity index is 1760. The number of hydrogen-bond acceptors (Lipinski definition) is 7. The van der Waals surface area contributed by atoms with Crippen LogP contribution in [0.4, 0.5) is 0 Å². The Morgan fingerprint density at radius 3 is 2.55 bits per heavy atom. The second-order valence-electron chi connectivity index (χ2n) is 9.23. The zero-order valence-corrected chi connectivity index (χ0v) is 20.8. The maximum absolute atomic E-state index is 6.45. The number of rotatable bonds is 5. The van der Waals surface area contributed by atoms with Gasteiger partial charge in [0.25, 0.3) is 0 Å². The molecule has 1 atom stereocenters. The predicted molar refractivity (Wildman–Crippen MR) is 140 cm³/mol. The highest BCUT2D eigenvalue weighted by Gasteiger charge is 2.38. The van der Waals surface area contributed by atoms with E-state index in [1.54, 1.807) is 17.0 Å². The van der Waals surface area contributed by atoms with E-state index in [0.717, 1.165) is 33.8 Å². The third-order valence-electron chi connectivity index (χ3n) is 6.67. The maximum Gasteiger partial charge on any atom is 0.230 e. The second-order valence-corrected chi connectivity index (χ2v) is 9.23. The van der Waals surface area contributed by atoms with Gasteiger partial charge in [0, 0.05) is 12.4 Å². The molecule has 0 radical (unpaired) electrons. The van der Waals surface area contributed by atoms with Gasteiger partial charge in [0.1, 0.15) is 18.7 Å². The van der Waals surface area contributed by atoms with Gasteiger partial charge in [-0.25, -0.2) is 19.2 Å². The molecular weight excluding hydrogens is 478 g/mol. The van der Waals surface area contributed by atoms with Crippen LogP contribution >= 0.6 is 0 Å². The Kier molecular flexibility index (Phi) is 5.14. The van der Waals surface area contributed by atoms with Crippen LogP contribution in [0.3, 0.4) is 0 Å². The minimum Gasteiger partial charge on any atom is -0.486 e. The van der Waals surface area contributed by atoms with Gasteiger partial charge >= 0.3 is 0 Å². The molecule has 0 N–H and O–H groups in total. The summed E-state index contributed by atoms with van der Waals surface area (Å²) in [4.78, 5) is 13.9. The summed E-state index contributed by atoms with van der Waals surface area (Å²) in [5.41, 5.74) is 6.35. The number of para-hydroxylation sites is 1. The lowest BCUT2D eigenvalue weighted by Crippen LogP contribution is -2.16. The summed E-state index contributed by atoms with van der Waals surface area (Å²) in [7, 11) is 0. The fourth-order valence-electron chi connectivity index (χ4n) is 4.89. The van der Waals surface area contributed by atoms with Gasteiger partial charge in [-0.05, 0) is 49.7 Å². The molecule has 0 bridgehead atoms. The van der Waals surface area contributed by atoms with Crippen LogP contribution in [0.25, 0.3) is 11.3 Å². The van der Waals surface area contributed by atoms with Gasteiger partial charge in [-0.3, -0.25) is 4.98 Å². The number of aryl methyl sites for hydroxylation is 2. The standard InChI is InChI=1S/C29H23N7O2/c1-18-10-12-22(13-11-18)37-16-23-32-27-26-25(20-7-6-14-30-15-20)24-19(2)33-36(21-8-4-3-5-9-21)29(24)38-28(26)31-17-35(27)34-23/h3-15,17,25H,16H2,1-2H3. The highest BCUT2D eigenvalue weighted by Crippen LogP contribution is 2.49. The largest absolute Gasteiger partial charge is 0.486 e. The van der Waals surface area contributed by atoms with Crippen molar-refractivity contribution < 1.29 is 9.47 Å². The molecule has 186 valence electrons. The zero-order valence-electron chi connectivity index (χ0n) is 20.8. The summed E-state index contributed by atoms with van der Waals surface area (Å²) in [6.07, 6.45) is 5.25. The van der Waals surface area contributed by atoms with Crippen LogP contribution in [0.5, 0.6) is 17.5 Å². The molecule has 0 aliphatic carbocycles. The van der Waals surface area contributed by atoms with Crippen LogP contribution in [0.15, 0.2) is 85.5 Å². The number of nitrogens with zero attached hydrogens (tertiary/aromatic N) is 7. The van der Waals surface area contributed by atoms with Gasteiger partial charge in [0.15, 0.2) is 11.5 Å². The van der Waals surface area contributed by atoms with Gasteiger partial charge in [-0.2, -0.15) is 5.10 Å². The second kappa shape index (κ2) is 8.81. The van der Waals surface area contributed by atoms with Crippen molar-refractivity contribution in [2.75, 3.05) is 0 Å². The number of pyridine rings is 1. The molecule has 4 aromatic heterocycles. The van der Waals surface area contributed by atoms with Gasteiger partial charge in [0.05, 0.1) is 28.4 Å². The third-order valence-corrected chi connectivity index (χ3v) is 6.67. The first-order valence-corrected chi connectivity index (χ1v) is 12.3. The van der Waals surface area contributed by atoms with Crippen LogP contribution in [-0.4, -0.2) is 34.3 Å². The first kappa shape index (κ1) is 22.2. The Morgan fingerprint density at radius 2 is 1.76 bits per heavy atom. The van der Waals surface area contributed by atoms with E-state index < -0.39 is 0 Å². The van der Waals surface area contributed by atoms with Gasteiger partial charge < -0.3 is 9.47 Å². The molecule has 0 saturated heterocycles. The van der Waals surface area contributed by atoms with E-state index in [1.807, 2.05) is 85.4 Å². The summed E-state index contributed by atoms with van der Waals surface area (Å²) in [5, 5.41) is 9.50. The molecule has 9 heteroatoms. The molecule has 5 heterocycles. The molecular formula is C29H23N7O2. The summed E-state index contributed by atoms with van der Waals surface area (Å²) in [5.74, 6) is 2.17. The monoisotopic (exact) mass is 501 g/mol. The number of ether oxygens (including phenoxy) is 2. The quantitative estimate of drug-likeness (QED) is 0.321. The molecule has 0 saturated carbocycles. The third kappa shape index (κ3) is 3.67. The predicted octanol–water partition coefficient (Wildman–Crippen LogP) is 5.19. The molecule has 1 aliphatic rings. The van der Waals surface area contributed by atoms with E-state index in [-0.39, 0.29) is 12.5 Å². The summed E-state index contributed by atoms with van der Waals surface area (Å²) >= 11 is 0. The first-order valence-electron chi connectivity index (χ1n) is 12.3. The van der Waals surface area contributed by atoms with Gasteiger partial charge in [-0.15, -0.1) is 5.10 Å². The van der Waals surface area contributed by atoms with E-state index >= 15 is 0 Å². The minimum absolute atomic E-state index is 0.230. The molecule has 0 spiro atoms. The lowest BCUT2D eigenvalue weighted by atomic mass is 9.85. The van der Waals surface area contributed by atoms with Crippen molar-refractivity contribution in [1.82, 2.24) is 34.3 Å². The highest BCUT2D eigenvalue weighted by atomic mass is 16.5. The molecule has 0 fully saturated rings. The molecule has 9 nitrogen and oxygen atoms in total. The normalized spacial score (nSPS) is 14.1. The Labute approximate surface area is 218 Å². The number of benzene rings is 2. The van der Waals surface area contributed by atoms with E-state index in [0.29, 0.717) is 23.2 Å². The smallest absolute Gasteiger partial charge is 0.230 e. The lowest BCUT2D eigenvalue weighted by molar-refractivity contribution is 0.296. The maximum atomic E-state index is 6.45. The van der Waals surface area contributed by atoms with Crippen LogP contribution in [0.1, 0.15) is 39.7 Å². The minimum atomic E-state index is -0.244. The molecule has 38 heavy (non-hydrogen) atoms. The Morgan fingerprint density at radius 1 is 0.921 bits per heavy atom. The van der Waals surface area contributed by atoms with E-state index in [1.165, 1.54) is 5.56 Å². The van der Waals surface area contributed by atoms with Crippen LogP contribution in [0.2, 0.25) is 0 Å². The van der Waals surface area contributed by atoms with Crippen LogP contribution < -0.4 is 9.47 Å². The Balaban J connectivity index is 1.36. The topological polar surface area (TPSA) is 92.3 Å². The average molecular weight is 502 g/mol. The van der Waals surface area contributed by atoms with Gasteiger partial charge in [0.2, 0.25) is 11.8 Å². The molecule has 2 aromatic carbocycles.